The van der Waals surface area contributed by atoms with Gasteiger partial charge in [-0.05, 0) is 0 Å². The lowest BCUT2D eigenvalue weighted by molar-refractivity contribution is -0.0899. The minimum absolute atomic E-state index is 0.153. The molecule has 0 radical (unpaired) electrons. The van der Waals surface area contributed by atoms with Gasteiger partial charge in [0.05, 0.1) is 13.2 Å². The molecule has 5 atom stereocenters. The van der Waals surface area contributed by atoms with Crippen molar-refractivity contribution in [3.8, 4) is 0 Å². The molecule has 3 rings (SSSR count). The van der Waals surface area contributed by atoms with E-state index in [1.165, 1.54) is 0 Å². The number of ether oxygens (including phenoxy) is 6. The number of hydrogen-bond donors (Lipinski definition) is 1. The van der Waals surface area contributed by atoms with Gasteiger partial charge in [0.25, 0.3) is 0 Å². The van der Waals surface area contributed by atoms with Gasteiger partial charge in [-0.2, -0.15) is 0 Å². The smallest absolute Gasteiger partial charge is 0.148 e. The maximum Gasteiger partial charge on any atom is 0.148 e. The standard InChI is InChI=1S/C10H16O7/c11-8(6-1-12-3-14-6)10-9(16-5-17-10)7-2-13-4-15-7/h6-11H,1-5H2/t6-,7-,8+,9-,10-/m0/s1. The number of aliphatic hydroxyl groups is 1. The average molecular weight is 248 g/mol. The highest BCUT2D eigenvalue weighted by Crippen LogP contribution is 2.26. The van der Waals surface area contributed by atoms with Crippen molar-refractivity contribution in [2.45, 2.75) is 30.5 Å². The molecule has 3 aliphatic rings. The maximum atomic E-state index is 10.2. The Morgan fingerprint density at radius 2 is 1.71 bits per heavy atom. The van der Waals surface area contributed by atoms with Crippen LogP contribution in [0.15, 0.2) is 0 Å². The van der Waals surface area contributed by atoms with Crippen LogP contribution in [-0.4, -0.2) is 69.2 Å². The van der Waals surface area contributed by atoms with Crippen molar-refractivity contribution in [2.75, 3.05) is 33.6 Å². The second-order valence-corrected chi connectivity index (χ2v) is 4.26. The molecule has 0 unspecified atom stereocenters. The van der Waals surface area contributed by atoms with Crippen LogP contribution in [0.4, 0.5) is 0 Å². The number of hydrogen-bond acceptors (Lipinski definition) is 7. The highest BCUT2D eigenvalue weighted by molar-refractivity contribution is 4.91. The summed E-state index contributed by atoms with van der Waals surface area (Å²) in [4.78, 5) is 0. The van der Waals surface area contributed by atoms with Gasteiger partial charge in [-0.25, -0.2) is 0 Å². The zero-order valence-corrected chi connectivity index (χ0v) is 9.32. The van der Waals surface area contributed by atoms with Crippen LogP contribution in [0.25, 0.3) is 0 Å². The first-order valence-corrected chi connectivity index (χ1v) is 5.66. The van der Waals surface area contributed by atoms with Crippen molar-refractivity contribution >= 4 is 0 Å². The van der Waals surface area contributed by atoms with Gasteiger partial charge in [-0.15, -0.1) is 0 Å². The number of rotatable bonds is 3. The van der Waals surface area contributed by atoms with E-state index in [9.17, 15) is 5.11 Å². The summed E-state index contributed by atoms with van der Waals surface area (Å²) in [5.41, 5.74) is 0. The highest BCUT2D eigenvalue weighted by Gasteiger charge is 2.45. The highest BCUT2D eigenvalue weighted by atomic mass is 16.8. The topological polar surface area (TPSA) is 75.6 Å². The summed E-state index contributed by atoms with van der Waals surface area (Å²) in [5, 5.41) is 10.2. The Morgan fingerprint density at radius 1 is 0.882 bits per heavy atom. The molecule has 0 saturated carbocycles. The predicted octanol–water partition coefficient (Wildman–Crippen LogP) is -1.17. The predicted molar refractivity (Wildman–Crippen MR) is 52.0 cm³/mol. The fourth-order valence-electron chi connectivity index (χ4n) is 2.29. The van der Waals surface area contributed by atoms with E-state index in [1.54, 1.807) is 0 Å². The maximum absolute atomic E-state index is 10.2. The molecule has 17 heavy (non-hydrogen) atoms. The van der Waals surface area contributed by atoms with Crippen LogP contribution in [0.5, 0.6) is 0 Å². The van der Waals surface area contributed by atoms with Crippen LogP contribution < -0.4 is 0 Å². The molecule has 98 valence electrons. The summed E-state index contributed by atoms with van der Waals surface area (Å²) in [6.45, 7) is 1.45. The van der Waals surface area contributed by atoms with Gasteiger partial charge in [0.1, 0.15) is 50.9 Å². The van der Waals surface area contributed by atoms with Gasteiger partial charge >= 0.3 is 0 Å². The van der Waals surface area contributed by atoms with Crippen molar-refractivity contribution in [3.05, 3.63) is 0 Å². The van der Waals surface area contributed by atoms with Gasteiger partial charge in [0.2, 0.25) is 0 Å². The van der Waals surface area contributed by atoms with E-state index in [-0.39, 0.29) is 38.7 Å². The van der Waals surface area contributed by atoms with E-state index in [1.807, 2.05) is 0 Å². The van der Waals surface area contributed by atoms with Crippen molar-refractivity contribution < 1.29 is 33.5 Å². The van der Waals surface area contributed by atoms with E-state index < -0.39 is 12.2 Å². The molecule has 1 N–H and O–H groups in total. The lowest BCUT2D eigenvalue weighted by Gasteiger charge is -2.27. The molecule has 7 heteroatoms. The summed E-state index contributed by atoms with van der Waals surface area (Å²) >= 11 is 0. The third-order valence-corrected chi connectivity index (χ3v) is 3.22. The largest absolute Gasteiger partial charge is 0.387 e. The number of aliphatic hydroxyl groups excluding tert-OH is 1. The molecule has 0 bridgehead atoms. The summed E-state index contributed by atoms with van der Waals surface area (Å²) < 4.78 is 31.7. The Labute approximate surface area is 98.5 Å². The normalized spacial score (nSPS) is 44.3. The Morgan fingerprint density at radius 3 is 2.41 bits per heavy atom. The Balaban J connectivity index is 1.63. The Hall–Kier alpha value is -0.280. The van der Waals surface area contributed by atoms with E-state index in [4.69, 9.17) is 28.4 Å². The van der Waals surface area contributed by atoms with Crippen molar-refractivity contribution in [2.24, 2.45) is 0 Å². The fraction of sp³-hybridized carbons (Fsp3) is 1.00. The van der Waals surface area contributed by atoms with Crippen LogP contribution >= 0.6 is 0 Å². The quantitative estimate of drug-likeness (QED) is 0.674. The molecule has 7 nitrogen and oxygen atoms in total. The third kappa shape index (κ3) is 2.32. The second-order valence-electron chi connectivity index (χ2n) is 4.26. The van der Waals surface area contributed by atoms with E-state index >= 15 is 0 Å². The van der Waals surface area contributed by atoms with Gasteiger partial charge < -0.3 is 33.5 Å². The molecule has 0 aromatic rings. The molecule has 3 saturated heterocycles. The van der Waals surface area contributed by atoms with E-state index in [0.717, 1.165) is 0 Å². The van der Waals surface area contributed by atoms with Crippen molar-refractivity contribution in [3.63, 3.8) is 0 Å². The average Bonchev–Trinajstić information content (AvgIpc) is 3.09. The summed E-state index contributed by atoms with van der Waals surface area (Å²) in [7, 11) is 0. The third-order valence-electron chi connectivity index (χ3n) is 3.22. The molecule has 0 amide bonds. The van der Waals surface area contributed by atoms with Crippen LogP contribution in [0, 0.1) is 0 Å². The fourth-order valence-corrected chi connectivity index (χ4v) is 2.29. The molecule has 3 aliphatic heterocycles. The molecule has 0 spiro atoms. The molecule has 0 aromatic carbocycles. The summed E-state index contributed by atoms with van der Waals surface area (Å²) in [6, 6.07) is 0. The van der Waals surface area contributed by atoms with Gasteiger partial charge in [0.15, 0.2) is 0 Å². The molecule has 0 aromatic heterocycles. The first-order valence-electron chi connectivity index (χ1n) is 5.66. The van der Waals surface area contributed by atoms with Gasteiger partial charge in [0, 0.05) is 0 Å². The lowest BCUT2D eigenvalue weighted by Crippen LogP contribution is -2.48. The Kier molecular flexibility index (Phi) is 3.57. The van der Waals surface area contributed by atoms with Crippen molar-refractivity contribution in [1.82, 2.24) is 0 Å². The van der Waals surface area contributed by atoms with Crippen LogP contribution in [0.2, 0.25) is 0 Å². The molecular formula is C10H16O7. The van der Waals surface area contributed by atoms with E-state index in [2.05, 4.69) is 0 Å². The minimum atomic E-state index is -0.783. The molecule has 0 aliphatic carbocycles. The van der Waals surface area contributed by atoms with Gasteiger partial charge in [-0.3, -0.25) is 0 Å². The zero-order chi connectivity index (χ0) is 11.7. The molecule has 3 fully saturated rings. The van der Waals surface area contributed by atoms with Crippen LogP contribution in [0.3, 0.4) is 0 Å². The minimum Gasteiger partial charge on any atom is -0.387 e. The molecule has 3 heterocycles. The first-order chi connectivity index (χ1) is 8.36. The lowest BCUT2D eigenvalue weighted by atomic mass is 10.00. The molecular weight excluding hydrogens is 232 g/mol. The first kappa shape index (κ1) is 11.8. The van der Waals surface area contributed by atoms with E-state index in [0.29, 0.717) is 13.2 Å². The Bertz CT molecular complexity index is 249. The second kappa shape index (κ2) is 5.15. The zero-order valence-electron chi connectivity index (χ0n) is 9.32. The monoisotopic (exact) mass is 248 g/mol. The van der Waals surface area contributed by atoms with Crippen LogP contribution in [0.1, 0.15) is 0 Å². The SMILES string of the molecule is O[C@@H]([C@@H]1OCO[C@H]1[C@@H]1COCO1)[C@@H]1COCO1. The van der Waals surface area contributed by atoms with Gasteiger partial charge in [-0.1, -0.05) is 0 Å². The summed E-state index contributed by atoms with van der Waals surface area (Å²) in [6.07, 6.45) is -2.13. The van der Waals surface area contributed by atoms with Crippen LogP contribution in [-0.2, 0) is 28.4 Å². The van der Waals surface area contributed by atoms with Crippen molar-refractivity contribution in [1.29, 1.82) is 0 Å². The summed E-state index contributed by atoms with van der Waals surface area (Å²) in [5.74, 6) is 0.